The molecule has 6 nitrogen and oxygen atoms in total. The van der Waals surface area contributed by atoms with E-state index in [0.717, 1.165) is 30.5 Å². The Bertz CT molecular complexity index is 617. The van der Waals surface area contributed by atoms with Crippen molar-refractivity contribution in [1.29, 1.82) is 0 Å². The fraction of sp³-hybridized carbons (Fsp3) is 0.600. The lowest BCUT2D eigenvalue weighted by Gasteiger charge is -2.12. The van der Waals surface area contributed by atoms with Crippen LogP contribution in [0.25, 0.3) is 0 Å². The molecule has 1 aliphatic rings. The molecule has 0 unspecified atom stereocenters. The number of thiophene rings is 1. The number of nitrogens with one attached hydrogen (secondary N) is 1. The summed E-state index contributed by atoms with van der Waals surface area (Å²) in [5, 5.41) is 7.27. The zero-order valence-corrected chi connectivity index (χ0v) is 15.1. The Labute approximate surface area is 145 Å². The highest BCUT2D eigenvalue weighted by atomic mass is 32.2. The Kier molecular flexibility index (Phi) is 5.80. The molecule has 0 amide bonds. The van der Waals surface area contributed by atoms with Crippen molar-refractivity contribution < 1.29 is 0 Å². The summed E-state index contributed by atoms with van der Waals surface area (Å²) in [5.41, 5.74) is 5.56. The van der Waals surface area contributed by atoms with Gasteiger partial charge in [0.15, 0.2) is 0 Å². The first-order chi connectivity index (χ1) is 11.2. The molecule has 2 aromatic rings. The lowest BCUT2D eigenvalue weighted by Crippen LogP contribution is -2.17. The molecule has 0 saturated carbocycles. The molecule has 0 spiro atoms. The van der Waals surface area contributed by atoms with Gasteiger partial charge in [0.25, 0.3) is 0 Å². The number of aromatic nitrogens is 3. The second-order valence-corrected chi connectivity index (χ2v) is 8.11. The van der Waals surface area contributed by atoms with E-state index in [-0.39, 0.29) is 0 Å². The van der Waals surface area contributed by atoms with Gasteiger partial charge in [0.05, 0.1) is 0 Å². The van der Waals surface area contributed by atoms with Crippen LogP contribution in [0.1, 0.15) is 22.6 Å². The van der Waals surface area contributed by atoms with Crippen molar-refractivity contribution in [2.45, 2.75) is 25.1 Å². The van der Waals surface area contributed by atoms with Crippen LogP contribution in [0.3, 0.4) is 0 Å². The van der Waals surface area contributed by atoms with Gasteiger partial charge in [0.1, 0.15) is 0 Å². The van der Waals surface area contributed by atoms with E-state index in [4.69, 9.17) is 5.73 Å². The van der Waals surface area contributed by atoms with Gasteiger partial charge in [-0.15, -0.1) is 16.4 Å². The molecule has 126 valence electrons. The number of nitrogen functional groups attached to an aromatic ring is 1. The van der Waals surface area contributed by atoms with Crippen LogP contribution in [-0.4, -0.2) is 45.1 Å². The van der Waals surface area contributed by atoms with Crippen LogP contribution < -0.4 is 11.1 Å². The van der Waals surface area contributed by atoms with Crippen LogP contribution in [0.5, 0.6) is 0 Å². The third-order valence-electron chi connectivity index (χ3n) is 3.85. The van der Waals surface area contributed by atoms with Gasteiger partial charge in [-0.2, -0.15) is 16.7 Å². The molecule has 0 aliphatic carbocycles. The monoisotopic (exact) mass is 352 g/mol. The number of aryl methyl sites for hydroxylation is 1. The minimum absolute atomic E-state index is 0.312. The van der Waals surface area contributed by atoms with E-state index < -0.39 is 0 Å². The van der Waals surface area contributed by atoms with Gasteiger partial charge in [-0.05, 0) is 38.1 Å². The maximum Gasteiger partial charge on any atom is 0.241 e. The molecule has 3 heterocycles. The Balaban J connectivity index is 1.34. The predicted octanol–water partition coefficient (Wildman–Crippen LogP) is 2.40. The Morgan fingerprint density at radius 2 is 2.09 bits per heavy atom. The fourth-order valence-corrected chi connectivity index (χ4v) is 4.74. The SMILES string of the molecule is Cn1nc(N)nc1NCCSCc1ccc(CN2CCCC2)s1. The number of hydrogen-bond acceptors (Lipinski definition) is 7. The first-order valence-electron chi connectivity index (χ1n) is 7.99. The third kappa shape index (κ3) is 4.86. The van der Waals surface area contributed by atoms with Crippen molar-refractivity contribution in [2.75, 3.05) is 36.4 Å². The van der Waals surface area contributed by atoms with Crippen molar-refractivity contribution >= 4 is 35.0 Å². The summed E-state index contributed by atoms with van der Waals surface area (Å²) >= 11 is 3.89. The number of nitrogens with two attached hydrogens (primary N) is 1. The van der Waals surface area contributed by atoms with E-state index in [9.17, 15) is 0 Å². The van der Waals surface area contributed by atoms with Gasteiger partial charge in [-0.1, -0.05) is 0 Å². The van der Waals surface area contributed by atoms with Crippen molar-refractivity contribution in [2.24, 2.45) is 7.05 Å². The molecule has 23 heavy (non-hydrogen) atoms. The van der Waals surface area contributed by atoms with Crippen LogP contribution in [0.15, 0.2) is 12.1 Å². The van der Waals surface area contributed by atoms with Crippen LogP contribution in [-0.2, 0) is 19.3 Å². The minimum Gasteiger partial charge on any atom is -0.366 e. The molecular weight excluding hydrogens is 328 g/mol. The number of anilines is 2. The second-order valence-electron chi connectivity index (χ2n) is 5.75. The molecule has 1 aliphatic heterocycles. The average Bonchev–Trinajstić information content (AvgIpc) is 3.23. The molecule has 3 N–H and O–H groups in total. The summed E-state index contributed by atoms with van der Waals surface area (Å²) in [6.07, 6.45) is 2.72. The fourth-order valence-electron chi connectivity index (χ4n) is 2.71. The molecule has 1 fully saturated rings. The molecule has 0 bridgehead atoms. The smallest absolute Gasteiger partial charge is 0.241 e. The average molecular weight is 353 g/mol. The molecule has 8 heteroatoms. The van der Waals surface area contributed by atoms with E-state index in [2.05, 4.69) is 32.4 Å². The number of likely N-dealkylation sites (tertiary alicyclic amines) is 1. The Morgan fingerprint density at radius 3 is 2.83 bits per heavy atom. The summed E-state index contributed by atoms with van der Waals surface area (Å²) in [6.45, 7) is 4.52. The molecule has 3 rings (SSSR count). The maximum atomic E-state index is 5.56. The van der Waals surface area contributed by atoms with E-state index in [0.29, 0.717) is 5.95 Å². The summed E-state index contributed by atoms with van der Waals surface area (Å²) in [5.74, 6) is 3.15. The number of rotatable bonds is 8. The predicted molar refractivity (Wildman–Crippen MR) is 98.9 cm³/mol. The molecule has 0 radical (unpaired) electrons. The molecule has 2 aromatic heterocycles. The van der Waals surface area contributed by atoms with Crippen molar-refractivity contribution in [3.8, 4) is 0 Å². The van der Waals surface area contributed by atoms with Crippen LogP contribution in [0.2, 0.25) is 0 Å². The van der Waals surface area contributed by atoms with Gasteiger partial charge in [-0.25, -0.2) is 4.68 Å². The quantitative estimate of drug-likeness (QED) is 0.711. The van der Waals surface area contributed by atoms with E-state index >= 15 is 0 Å². The number of hydrogen-bond donors (Lipinski definition) is 2. The molecular formula is C15H24N6S2. The van der Waals surface area contributed by atoms with E-state index in [1.807, 2.05) is 30.1 Å². The largest absolute Gasteiger partial charge is 0.366 e. The zero-order chi connectivity index (χ0) is 16.1. The lowest BCUT2D eigenvalue weighted by molar-refractivity contribution is 0.334. The first-order valence-corrected chi connectivity index (χ1v) is 9.96. The first kappa shape index (κ1) is 16.6. The van der Waals surface area contributed by atoms with Crippen molar-refractivity contribution in [1.82, 2.24) is 19.7 Å². The van der Waals surface area contributed by atoms with Gasteiger partial charge >= 0.3 is 0 Å². The van der Waals surface area contributed by atoms with E-state index in [1.54, 1.807) is 4.68 Å². The van der Waals surface area contributed by atoms with Gasteiger partial charge < -0.3 is 11.1 Å². The topological polar surface area (TPSA) is 72.0 Å². The van der Waals surface area contributed by atoms with Gasteiger partial charge in [0, 0.05) is 41.4 Å². The summed E-state index contributed by atoms with van der Waals surface area (Å²) < 4.78 is 1.67. The molecule has 0 atom stereocenters. The van der Waals surface area contributed by atoms with Gasteiger partial charge in [0.2, 0.25) is 11.9 Å². The number of nitrogens with zero attached hydrogens (tertiary/aromatic N) is 4. The second kappa shape index (κ2) is 8.03. The normalized spacial score (nSPS) is 15.3. The Morgan fingerprint density at radius 1 is 1.30 bits per heavy atom. The highest BCUT2D eigenvalue weighted by Gasteiger charge is 2.12. The lowest BCUT2D eigenvalue weighted by atomic mass is 10.4. The Hall–Kier alpha value is -1.25. The van der Waals surface area contributed by atoms with Crippen molar-refractivity contribution in [3.05, 3.63) is 21.9 Å². The van der Waals surface area contributed by atoms with Crippen LogP contribution in [0, 0.1) is 0 Å². The molecule has 0 aromatic carbocycles. The van der Waals surface area contributed by atoms with Gasteiger partial charge in [-0.3, -0.25) is 4.90 Å². The van der Waals surface area contributed by atoms with Crippen LogP contribution in [0.4, 0.5) is 11.9 Å². The third-order valence-corrected chi connectivity index (χ3v) is 6.11. The maximum absolute atomic E-state index is 5.56. The number of thioether (sulfide) groups is 1. The summed E-state index contributed by atoms with van der Waals surface area (Å²) in [7, 11) is 1.84. The highest BCUT2D eigenvalue weighted by Crippen LogP contribution is 2.24. The van der Waals surface area contributed by atoms with Crippen LogP contribution >= 0.6 is 23.1 Å². The standard InChI is InChI=1S/C15H24N6S2/c1-20-15(18-14(16)19-20)17-6-9-22-11-13-5-4-12(23-13)10-21-7-2-3-8-21/h4-5H,2-3,6-11H2,1H3,(H3,16,17,18,19). The minimum atomic E-state index is 0.312. The zero-order valence-electron chi connectivity index (χ0n) is 13.5. The van der Waals surface area contributed by atoms with E-state index in [1.165, 1.54) is 35.7 Å². The summed E-state index contributed by atoms with van der Waals surface area (Å²) in [6, 6.07) is 4.57. The molecule has 1 saturated heterocycles. The van der Waals surface area contributed by atoms with Crippen molar-refractivity contribution in [3.63, 3.8) is 0 Å². The summed E-state index contributed by atoms with van der Waals surface area (Å²) in [4.78, 5) is 9.64. The highest BCUT2D eigenvalue weighted by molar-refractivity contribution is 7.98.